The minimum Gasteiger partial charge on any atom is -0.481 e. The number of hydrogen-bond acceptors (Lipinski definition) is 5. The second-order valence-corrected chi connectivity index (χ2v) is 5.74. The molecule has 2 amide bonds. The first-order valence-electron chi connectivity index (χ1n) is 6.18. The summed E-state index contributed by atoms with van der Waals surface area (Å²) in [6, 6.07) is 4.41. The Morgan fingerprint density at radius 1 is 1.36 bits per heavy atom. The van der Waals surface area contributed by atoms with Crippen LogP contribution in [0.15, 0.2) is 22.7 Å². The number of imide groups is 1. The molecule has 0 saturated heterocycles. The van der Waals surface area contributed by atoms with Crippen molar-refractivity contribution < 1.29 is 29.0 Å². The summed E-state index contributed by atoms with van der Waals surface area (Å²) in [6.45, 7) is 0. The zero-order chi connectivity index (χ0) is 16.7. The number of benzene rings is 1. The first-order valence-corrected chi connectivity index (χ1v) is 6.97. The number of nitrogens with zero attached hydrogens (tertiary/aromatic N) is 1. The standard InChI is InChI=1S/C14H12BrNO6/c1-16-11(19)8-4-3-7(15)5-9(8)14(12(16)20,6-10(17)18)13(21)22-2/h3-5H,6H2,1-2H3,(H,17,18). The normalized spacial score (nSPS) is 20.6. The number of amides is 2. The fourth-order valence-corrected chi connectivity index (χ4v) is 2.93. The molecule has 1 heterocycles. The molecule has 0 bridgehead atoms. The first kappa shape index (κ1) is 16.2. The third kappa shape index (κ3) is 2.19. The van der Waals surface area contributed by atoms with Gasteiger partial charge in [0.05, 0.1) is 13.5 Å². The SMILES string of the molecule is COC(=O)C1(CC(=O)O)C(=O)N(C)C(=O)c2ccc(Br)cc21. The zero-order valence-corrected chi connectivity index (χ0v) is 13.3. The molecule has 0 aliphatic carbocycles. The molecular formula is C14H12BrNO6. The van der Waals surface area contributed by atoms with E-state index in [1.165, 1.54) is 19.2 Å². The van der Waals surface area contributed by atoms with Gasteiger partial charge in [0, 0.05) is 17.1 Å². The summed E-state index contributed by atoms with van der Waals surface area (Å²) in [6.07, 6.45) is -0.806. The molecule has 1 N–H and O–H groups in total. The second-order valence-electron chi connectivity index (χ2n) is 4.83. The largest absolute Gasteiger partial charge is 0.481 e. The number of hydrogen-bond donors (Lipinski definition) is 1. The predicted molar refractivity (Wildman–Crippen MR) is 77.2 cm³/mol. The third-order valence-corrected chi connectivity index (χ3v) is 4.09. The van der Waals surface area contributed by atoms with Crippen LogP contribution in [0.2, 0.25) is 0 Å². The van der Waals surface area contributed by atoms with Gasteiger partial charge in [0.2, 0.25) is 0 Å². The lowest BCUT2D eigenvalue weighted by Crippen LogP contribution is -2.58. The van der Waals surface area contributed by atoms with Crippen LogP contribution < -0.4 is 0 Å². The average Bonchev–Trinajstić information content (AvgIpc) is 2.48. The monoisotopic (exact) mass is 369 g/mol. The fourth-order valence-electron chi connectivity index (χ4n) is 2.57. The molecule has 2 rings (SSSR count). The molecule has 1 aromatic carbocycles. The summed E-state index contributed by atoms with van der Waals surface area (Å²) >= 11 is 3.20. The number of carbonyl (C=O) groups excluding carboxylic acids is 3. The van der Waals surface area contributed by atoms with Gasteiger partial charge in [0.1, 0.15) is 0 Å². The first-order chi connectivity index (χ1) is 10.3. The lowest BCUT2D eigenvalue weighted by Gasteiger charge is -2.37. The molecule has 1 aliphatic rings. The van der Waals surface area contributed by atoms with Crippen molar-refractivity contribution in [1.29, 1.82) is 0 Å². The Kier molecular flexibility index (Phi) is 4.06. The number of fused-ring (bicyclic) bond motifs is 1. The van der Waals surface area contributed by atoms with E-state index in [9.17, 15) is 19.2 Å². The van der Waals surface area contributed by atoms with Gasteiger partial charge in [-0.1, -0.05) is 15.9 Å². The van der Waals surface area contributed by atoms with Crippen molar-refractivity contribution in [2.75, 3.05) is 14.2 Å². The Hall–Kier alpha value is -2.22. The highest BCUT2D eigenvalue weighted by molar-refractivity contribution is 9.10. The van der Waals surface area contributed by atoms with Gasteiger partial charge in [0.25, 0.3) is 11.8 Å². The third-order valence-electron chi connectivity index (χ3n) is 3.60. The molecule has 1 aliphatic heterocycles. The minimum absolute atomic E-state index is 0.0317. The van der Waals surface area contributed by atoms with Crippen LogP contribution in [0.1, 0.15) is 22.3 Å². The number of aliphatic carboxylic acids is 1. The van der Waals surface area contributed by atoms with Crippen molar-refractivity contribution in [2.45, 2.75) is 11.8 Å². The van der Waals surface area contributed by atoms with E-state index in [4.69, 9.17) is 5.11 Å². The van der Waals surface area contributed by atoms with Gasteiger partial charge in [0.15, 0.2) is 5.41 Å². The van der Waals surface area contributed by atoms with Crippen LogP contribution in [0.3, 0.4) is 0 Å². The molecule has 1 unspecified atom stereocenters. The maximum atomic E-state index is 12.6. The fraction of sp³-hybridized carbons (Fsp3) is 0.286. The maximum absolute atomic E-state index is 12.6. The highest BCUT2D eigenvalue weighted by Crippen LogP contribution is 2.39. The average molecular weight is 370 g/mol. The summed E-state index contributed by atoms with van der Waals surface area (Å²) in [5.74, 6) is -3.89. The Morgan fingerprint density at radius 2 is 2.00 bits per heavy atom. The van der Waals surface area contributed by atoms with Crippen LogP contribution >= 0.6 is 15.9 Å². The van der Waals surface area contributed by atoms with Crippen molar-refractivity contribution in [2.24, 2.45) is 0 Å². The Labute approximate surface area is 134 Å². The second kappa shape index (κ2) is 5.53. The van der Waals surface area contributed by atoms with Crippen molar-refractivity contribution >= 4 is 39.7 Å². The van der Waals surface area contributed by atoms with Gasteiger partial charge in [-0.2, -0.15) is 0 Å². The van der Waals surface area contributed by atoms with Crippen molar-refractivity contribution in [3.8, 4) is 0 Å². The minimum atomic E-state index is -2.08. The summed E-state index contributed by atoms with van der Waals surface area (Å²) in [4.78, 5) is 49.1. The number of carboxylic acid groups (broad SMARTS) is 1. The van der Waals surface area contributed by atoms with Gasteiger partial charge < -0.3 is 9.84 Å². The molecule has 0 saturated carbocycles. The highest BCUT2D eigenvalue weighted by Gasteiger charge is 2.57. The number of carboxylic acids is 1. The number of halogens is 1. The Bertz CT molecular complexity index is 701. The van der Waals surface area contributed by atoms with Gasteiger partial charge in [-0.15, -0.1) is 0 Å². The van der Waals surface area contributed by atoms with E-state index in [0.717, 1.165) is 12.0 Å². The van der Waals surface area contributed by atoms with Crippen LogP contribution in [0.4, 0.5) is 0 Å². The van der Waals surface area contributed by atoms with Gasteiger partial charge in [-0.05, 0) is 23.8 Å². The van der Waals surface area contributed by atoms with E-state index in [0.29, 0.717) is 4.47 Å². The van der Waals surface area contributed by atoms with Crippen LogP contribution in [0.25, 0.3) is 0 Å². The van der Waals surface area contributed by atoms with Crippen molar-refractivity contribution in [3.63, 3.8) is 0 Å². The number of methoxy groups -OCH3 is 1. The molecule has 0 radical (unpaired) electrons. The summed E-state index contributed by atoms with van der Waals surface area (Å²) in [5, 5.41) is 9.17. The molecule has 116 valence electrons. The molecular weight excluding hydrogens is 358 g/mol. The Balaban J connectivity index is 2.85. The molecule has 22 heavy (non-hydrogen) atoms. The number of rotatable bonds is 3. The van der Waals surface area contributed by atoms with E-state index in [1.807, 2.05) is 0 Å². The molecule has 8 heteroatoms. The summed E-state index contributed by atoms with van der Waals surface area (Å²) in [5.41, 5.74) is -1.95. The van der Waals surface area contributed by atoms with Gasteiger partial charge >= 0.3 is 11.9 Å². The quantitative estimate of drug-likeness (QED) is 0.483. The highest BCUT2D eigenvalue weighted by atomic mass is 79.9. The molecule has 1 atom stereocenters. The van der Waals surface area contributed by atoms with E-state index >= 15 is 0 Å². The summed E-state index contributed by atoms with van der Waals surface area (Å²) < 4.78 is 5.18. The van der Waals surface area contributed by atoms with Crippen LogP contribution in [0, 0.1) is 0 Å². The van der Waals surface area contributed by atoms with Gasteiger partial charge in [-0.25, -0.2) is 0 Å². The van der Waals surface area contributed by atoms with E-state index in [1.54, 1.807) is 6.07 Å². The van der Waals surface area contributed by atoms with Crippen molar-refractivity contribution in [1.82, 2.24) is 4.90 Å². The zero-order valence-electron chi connectivity index (χ0n) is 11.8. The van der Waals surface area contributed by atoms with E-state index < -0.39 is 35.6 Å². The van der Waals surface area contributed by atoms with Crippen LogP contribution in [-0.4, -0.2) is 47.9 Å². The predicted octanol–water partition coefficient (Wildman–Crippen LogP) is 0.947. The molecule has 0 spiro atoms. The van der Waals surface area contributed by atoms with Crippen molar-refractivity contribution in [3.05, 3.63) is 33.8 Å². The Morgan fingerprint density at radius 3 is 2.55 bits per heavy atom. The maximum Gasteiger partial charge on any atom is 0.326 e. The number of esters is 1. The van der Waals surface area contributed by atoms with Crippen LogP contribution in [-0.2, 0) is 24.5 Å². The molecule has 0 aromatic heterocycles. The number of likely N-dealkylation sites (N-methyl/N-ethyl adjacent to an activating group) is 1. The van der Waals surface area contributed by atoms with E-state index in [-0.39, 0.29) is 11.1 Å². The van der Waals surface area contributed by atoms with E-state index in [2.05, 4.69) is 20.7 Å². The lowest BCUT2D eigenvalue weighted by molar-refractivity contribution is -0.160. The van der Waals surface area contributed by atoms with Crippen LogP contribution in [0.5, 0.6) is 0 Å². The molecule has 7 nitrogen and oxygen atoms in total. The summed E-state index contributed by atoms with van der Waals surface area (Å²) in [7, 11) is 2.27. The smallest absolute Gasteiger partial charge is 0.326 e. The molecule has 0 fully saturated rings. The number of carbonyl (C=O) groups is 4. The molecule has 1 aromatic rings. The lowest BCUT2D eigenvalue weighted by atomic mass is 9.71. The topological polar surface area (TPSA) is 101 Å². The number of ether oxygens (including phenoxy) is 1. The van der Waals surface area contributed by atoms with Gasteiger partial charge in [-0.3, -0.25) is 24.1 Å².